The molecule has 2 aromatic rings. The molecule has 1 aliphatic heterocycles. The number of aryl methyl sites for hydroxylation is 1. The molecule has 0 spiro atoms. The number of amides is 4. The monoisotopic (exact) mass is 517 g/mol. The number of hydrogen-bond acceptors (Lipinski definition) is 4. The maximum Gasteiger partial charge on any atom is 0.323 e. The highest BCUT2D eigenvalue weighted by atomic mass is 35.5. The van der Waals surface area contributed by atoms with Gasteiger partial charge in [-0.2, -0.15) is 0 Å². The highest BCUT2D eigenvalue weighted by molar-refractivity contribution is 6.42. The predicted molar refractivity (Wildman–Crippen MR) is 137 cm³/mol. The number of halogens is 2. The Morgan fingerprint density at radius 3 is 2.23 bits per heavy atom. The van der Waals surface area contributed by atoms with Crippen molar-refractivity contribution in [3.63, 3.8) is 0 Å². The molecule has 35 heavy (non-hydrogen) atoms. The minimum Gasteiger partial charge on any atom is -0.350 e. The molecule has 1 saturated heterocycles. The van der Waals surface area contributed by atoms with Gasteiger partial charge in [0.25, 0.3) is 11.8 Å². The number of nitrogens with two attached hydrogens (primary N) is 1. The molecule has 1 heterocycles. The van der Waals surface area contributed by atoms with E-state index in [-0.39, 0.29) is 30.2 Å². The van der Waals surface area contributed by atoms with E-state index in [1.165, 1.54) is 21.9 Å². The fourth-order valence-corrected chi connectivity index (χ4v) is 4.80. The molecule has 1 aliphatic carbocycles. The van der Waals surface area contributed by atoms with Crippen LogP contribution in [0.5, 0.6) is 0 Å². The fraction of sp³-hybridized carbons (Fsp3) is 0.400. The summed E-state index contributed by atoms with van der Waals surface area (Å²) < 4.78 is 0. The molecule has 10 heteroatoms. The van der Waals surface area contributed by atoms with Crippen LogP contribution in [0.1, 0.15) is 41.6 Å². The van der Waals surface area contributed by atoms with Crippen LogP contribution in [-0.4, -0.2) is 59.0 Å². The third kappa shape index (κ3) is 5.89. The van der Waals surface area contributed by atoms with Gasteiger partial charge < -0.3 is 21.3 Å². The third-order valence-corrected chi connectivity index (χ3v) is 7.26. The third-order valence-electron chi connectivity index (χ3n) is 6.52. The number of urea groups is 1. The fourth-order valence-electron chi connectivity index (χ4n) is 4.50. The van der Waals surface area contributed by atoms with Crippen LogP contribution in [0.15, 0.2) is 42.5 Å². The van der Waals surface area contributed by atoms with E-state index >= 15 is 0 Å². The van der Waals surface area contributed by atoms with Crippen LogP contribution in [0.2, 0.25) is 10.0 Å². The van der Waals surface area contributed by atoms with Gasteiger partial charge in [-0.25, -0.2) is 4.79 Å². The van der Waals surface area contributed by atoms with Gasteiger partial charge in [-0.15, -0.1) is 0 Å². The second kappa shape index (κ2) is 10.8. The van der Waals surface area contributed by atoms with Gasteiger partial charge in [-0.1, -0.05) is 40.9 Å². The van der Waals surface area contributed by atoms with E-state index in [0.717, 1.165) is 31.2 Å². The summed E-state index contributed by atoms with van der Waals surface area (Å²) in [5, 5.41) is 6.44. The number of carbonyl (C=O) groups excluding carboxylic acids is 3. The van der Waals surface area contributed by atoms with Crippen LogP contribution >= 0.6 is 23.2 Å². The minimum atomic E-state index is -1.10. The van der Waals surface area contributed by atoms with Gasteiger partial charge in [0.1, 0.15) is 0 Å². The van der Waals surface area contributed by atoms with Crippen molar-refractivity contribution < 1.29 is 14.4 Å². The van der Waals surface area contributed by atoms with Crippen LogP contribution in [-0.2, 0) is 4.79 Å². The van der Waals surface area contributed by atoms with E-state index in [9.17, 15) is 14.4 Å². The van der Waals surface area contributed by atoms with E-state index in [1.54, 1.807) is 18.2 Å². The van der Waals surface area contributed by atoms with Crippen molar-refractivity contribution in [1.29, 1.82) is 0 Å². The number of nitrogens with one attached hydrogen (secondary N) is 2. The van der Waals surface area contributed by atoms with Crippen LogP contribution in [0.3, 0.4) is 0 Å². The lowest BCUT2D eigenvalue weighted by Crippen LogP contribution is -2.56. The number of benzene rings is 2. The van der Waals surface area contributed by atoms with Gasteiger partial charge in [-0.3, -0.25) is 14.5 Å². The smallest absolute Gasteiger partial charge is 0.323 e. The predicted octanol–water partition coefficient (Wildman–Crippen LogP) is 4.00. The average Bonchev–Trinajstić information content (AvgIpc) is 3.29. The summed E-state index contributed by atoms with van der Waals surface area (Å²) in [6, 6.07) is 11.6. The Balaban J connectivity index is 1.56. The molecule has 4 N–H and O–H groups in total. The zero-order chi connectivity index (χ0) is 25.1. The summed E-state index contributed by atoms with van der Waals surface area (Å²) in [4.78, 5) is 42.8. The van der Waals surface area contributed by atoms with Crippen molar-refractivity contribution in [3.05, 3.63) is 63.6 Å². The summed E-state index contributed by atoms with van der Waals surface area (Å²) in [5.74, 6) is -0.796. The van der Waals surface area contributed by atoms with Crippen molar-refractivity contribution in [3.8, 4) is 0 Å². The summed E-state index contributed by atoms with van der Waals surface area (Å²) in [6.45, 7) is 2.36. The van der Waals surface area contributed by atoms with Gasteiger partial charge in [0, 0.05) is 36.4 Å². The van der Waals surface area contributed by atoms with Crippen molar-refractivity contribution in [2.45, 2.75) is 50.9 Å². The van der Waals surface area contributed by atoms with E-state index in [4.69, 9.17) is 28.9 Å². The zero-order valence-corrected chi connectivity index (χ0v) is 21.0. The minimum absolute atomic E-state index is 0.0492. The topological polar surface area (TPSA) is 108 Å². The molecule has 2 fully saturated rings. The number of rotatable bonds is 4. The Morgan fingerprint density at radius 2 is 1.57 bits per heavy atom. The first kappa shape index (κ1) is 25.3. The second-order valence-corrected chi connectivity index (χ2v) is 9.93. The Hall–Kier alpha value is -2.81. The lowest BCUT2D eigenvalue weighted by atomic mass is 9.92. The maximum atomic E-state index is 13.5. The van der Waals surface area contributed by atoms with E-state index in [1.807, 2.05) is 19.1 Å². The van der Waals surface area contributed by atoms with Crippen LogP contribution in [0.4, 0.5) is 10.5 Å². The van der Waals surface area contributed by atoms with Crippen molar-refractivity contribution >= 4 is 46.7 Å². The maximum absolute atomic E-state index is 13.5. The molecule has 2 aliphatic rings. The molecule has 186 valence electrons. The standard InChI is InChI=1S/C25H29Cl2N5O3/c1-15-2-7-19(8-3-15)30-25(35)32-13-12-31(24(34)16-4-11-20(26)21(27)14-16)23(32)22(33)29-18-9-5-17(28)6-10-18/h2-4,7-8,11,14,17-18,23H,5-6,9-10,12-13,28H2,1H3,(H,29,33)(H,30,35). The molecule has 1 atom stereocenters. The zero-order valence-electron chi connectivity index (χ0n) is 19.5. The Bertz CT molecular complexity index is 1100. The average molecular weight is 518 g/mol. The summed E-state index contributed by atoms with van der Waals surface area (Å²) >= 11 is 12.1. The van der Waals surface area contributed by atoms with Gasteiger partial charge in [0.15, 0.2) is 6.17 Å². The molecule has 2 aromatic carbocycles. The largest absolute Gasteiger partial charge is 0.350 e. The van der Waals surface area contributed by atoms with Crippen molar-refractivity contribution in [1.82, 2.24) is 15.1 Å². The highest BCUT2D eigenvalue weighted by Crippen LogP contribution is 2.26. The van der Waals surface area contributed by atoms with Gasteiger partial charge in [0.05, 0.1) is 10.0 Å². The second-order valence-electron chi connectivity index (χ2n) is 9.11. The van der Waals surface area contributed by atoms with Gasteiger partial charge >= 0.3 is 6.03 Å². The number of anilines is 1. The van der Waals surface area contributed by atoms with Crippen LogP contribution < -0.4 is 16.4 Å². The summed E-state index contributed by atoms with van der Waals surface area (Å²) in [5.41, 5.74) is 7.96. The normalized spacial score (nSPS) is 22.1. The molecule has 8 nitrogen and oxygen atoms in total. The Morgan fingerprint density at radius 1 is 0.914 bits per heavy atom. The quantitative estimate of drug-likeness (QED) is 0.569. The van der Waals surface area contributed by atoms with Crippen molar-refractivity contribution in [2.24, 2.45) is 5.73 Å². The molecule has 1 saturated carbocycles. The van der Waals surface area contributed by atoms with E-state index in [2.05, 4.69) is 10.6 Å². The lowest BCUT2D eigenvalue weighted by molar-refractivity contribution is -0.128. The number of carbonyl (C=O) groups is 3. The Labute approximate surface area is 214 Å². The first-order valence-electron chi connectivity index (χ1n) is 11.7. The SMILES string of the molecule is Cc1ccc(NC(=O)N2CCN(C(=O)c3ccc(Cl)c(Cl)c3)C2C(=O)NC2CCC(N)CC2)cc1. The van der Waals surface area contributed by atoms with Gasteiger partial charge in [-0.05, 0) is 62.9 Å². The van der Waals surface area contributed by atoms with E-state index < -0.39 is 24.0 Å². The molecule has 0 aromatic heterocycles. The molecule has 4 rings (SSSR count). The Kier molecular flexibility index (Phi) is 7.84. The summed E-state index contributed by atoms with van der Waals surface area (Å²) in [7, 11) is 0. The summed E-state index contributed by atoms with van der Waals surface area (Å²) in [6.07, 6.45) is 2.06. The molecular weight excluding hydrogens is 489 g/mol. The lowest BCUT2D eigenvalue weighted by Gasteiger charge is -2.32. The molecule has 1 unspecified atom stereocenters. The molecular formula is C25H29Cl2N5O3. The molecule has 4 amide bonds. The van der Waals surface area contributed by atoms with Crippen LogP contribution in [0, 0.1) is 6.92 Å². The van der Waals surface area contributed by atoms with Gasteiger partial charge in [0.2, 0.25) is 0 Å². The van der Waals surface area contributed by atoms with Crippen molar-refractivity contribution in [2.75, 3.05) is 18.4 Å². The number of nitrogens with zero attached hydrogens (tertiary/aromatic N) is 2. The first-order chi connectivity index (χ1) is 16.7. The van der Waals surface area contributed by atoms with E-state index in [0.29, 0.717) is 16.3 Å². The highest BCUT2D eigenvalue weighted by Gasteiger charge is 2.43. The molecule has 0 radical (unpaired) electrons. The molecule has 0 bridgehead atoms. The first-order valence-corrected chi connectivity index (χ1v) is 12.4. The number of hydrogen-bond donors (Lipinski definition) is 3. The van der Waals surface area contributed by atoms with Crippen LogP contribution in [0.25, 0.3) is 0 Å².